The number of thiophene rings is 1. The first-order chi connectivity index (χ1) is 7.93. The van der Waals surface area contributed by atoms with Crippen LogP contribution in [0.2, 0.25) is 0 Å². The molecular weight excluding hydrogens is 390 g/mol. The van der Waals surface area contributed by atoms with Gasteiger partial charge in [0.15, 0.2) is 0 Å². The van der Waals surface area contributed by atoms with Gasteiger partial charge in [-0.3, -0.25) is 0 Å². The van der Waals surface area contributed by atoms with Crippen LogP contribution in [0.15, 0.2) is 14.1 Å². The molecule has 1 aromatic heterocycles. The van der Waals surface area contributed by atoms with Crippen LogP contribution in [-0.4, -0.2) is 31.1 Å². The van der Waals surface area contributed by atoms with Crippen molar-refractivity contribution in [3.63, 3.8) is 0 Å². The summed E-state index contributed by atoms with van der Waals surface area (Å²) in [5, 5.41) is 0.812. The number of hydrogen-bond acceptors (Lipinski definition) is 3. The van der Waals surface area contributed by atoms with Gasteiger partial charge in [0.25, 0.3) is 10.0 Å². The summed E-state index contributed by atoms with van der Waals surface area (Å²) in [7, 11) is -3.32. The molecule has 17 heavy (non-hydrogen) atoms. The maximum atomic E-state index is 12.3. The lowest BCUT2D eigenvalue weighted by Gasteiger charge is -2.18. The van der Waals surface area contributed by atoms with Gasteiger partial charge in [0.2, 0.25) is 0 Å². The second kappa shape index (κ2) is 6.65. The van der Waals surface area contributed by atoms with Crippen LogP contribution < -0.4 is 0 Å². The van der Waals surface area contributed by atoms with Gasteiger partial charge >= 0.3 is 0 Å². The molecule has 0 aliphatic rings. The molecule has 1 rings (SSSR count). The van der Waals surface area contributed by atoms with Crippen molar-refractivity contribution >= 4 is 53.2 Å². The van der Waals surface area contributed by atoms with Crippen LogP contribution in [0.5, 0.6) is 0 Å². The molecule has 1 aromatic rings. The highest BCUT2D eigenvalue weighted by Crippen LogP contribution is 2.32. The van der Waals surface area contributed by atoms with E-state index in [9.17, 15) is 8.42 Å². The molecule has 98 valence electrons. The van der Waals surface area contributed by atoms with Crippen molar-refractivity contribution in [1.82, 2.24) is 4.31 Å². The minimum absolute atomic E-state index is 0.415. The summed E-state index contributed by atoms with van der Waals surface area (Å²) < 4.78 is 27.5. The molecule has 7 heteroatoms. The van der Waals surface area contributed by atoms with Crippen molar-refractivity contribution in [2.75, 3.05) is 18.4 Å². The maximum Gasteiger partial charge on any atom is 0.252 e. The van der Waals surface area contributed by atoms with E-state index < -0.39 is 10.0 Å². The first-order valence-electron chi connectivity index (χ1n) is 5.25. The average molecular weight is 405 g/mol. The summed E-state index contributed by atoms with van der Waals surface area (Å²) in [6.07, 6.45) is 0.818. The normalized spacial score (nSPS) is 12.3. The monoisotopic (exact) mass is 403 g/mol. The van der Waals surface area contributed by atoms with E-state index in [2.05, 4.69) is 31.9 Å². The molecule has 3 nitrogen and oxygen atoms in total. The highest BCUT2D eigenvalue weighted by Gasteiger charge is 2.25. The highest BCUT2D eigenvalue weighted by atomic mass is 79.9. The minimum Gasteiger partial charge on any atom is -0.206 e. The number of halogens is 2. The molecule has 0 aromatic carbocycles. The van der Waals surface area contributed by atoms with Gasteiger partial charge in [0, 0.05) is 18.4 Å². The summed E-state index contributed by atoms with van der Waals surface area (Å²) >= 11 is 7.95. The molecule has 0 spiro atoms. The zero-order valence-corrected chi connectivity index (χ0v) is 14.5. The van der Waals surface area contributed by atoms with E-state index in [1.54, 1.807) is 6.07 Å². The van der Waals surface area contributed by atoms with E-state index in [0.717, 1.165) is 21.1 Å². The molecule has 0 radical (unpaired) electrons. The summed E-state index contributed by atoms with van der Waals surface area (Å²) in [6.45, 7) is 4.82. The molecule has 0 atom stereocenters. The third-order valence-corrected chi connectivity index (χ3v) is 7.44. The van der Waals surface area contributed by atoms with Gasteiger partial charge in [0.1, 0.15) is 4.21 Å². The Morgan fingerprint density at radius 3 is 2.53 bits per heavy atom. The smallest absolute Gasteiger partial charge is 0.206 e. The second-order valence-corrected chi connectivity index (χ2v) is 8.89. The lowest BCUT2D eigenvalue weighted by molar-refractivity contribution is 0.430. The van der Waals surface area contributed by atoms with Crippen LogP contribution in [0.3, 0.4) is 0 Å². The summed E-state index contributed by atoms with van der Waals surface area (Å²) in [4.78, 5) is 0. The van der Waals surface area contributed by atoms with Crippen LogP contribution in [-0.2, 0) is 10.0 Å². The summed E-state index contributed by atoms with van der Waals surface area (Å²) in [5.74, 6) is 0. The van der Waals surface area contributed by atoms with Crippen molar-refractivity contribution < 1.29 is 8.42 Å². The number of hydrogen-bond donors (Lipinski definition) is 0. The van der Waals surface area contributed by atoms with Crippen molar-refractivity contribution in [2.45, 2.75) is 24.5 Å². The molecule has 0 N–H and O–H groups in total. The minimum atomic E-state index is -3.32. The number of aryl methyl sites for hydroxylation is 1. The molecule has 0 aliphatic heterocycles. The van der Waals surface area contributed by atoms with Gasteiger partial charge in [-0.2, -0.15) is 4.31 Å². The van der Waals surface area contributed by atoms with Crippen LogP contribution in [0.1, 0.15) is 18.9 Å². The zero-order valence-electron chi connectivity index (χ0n) is 9.74. The van der Waals surface area contributed by atoms with Gasteiger partial charge in [-0.25, -0.2) is 8.42 Å². The second-order valence-electron chi connectivity index (χ2n) is 3.56. The van der Waals surface area contributed by atoms with Gasteiger partial charge in [-0.05, 0) is 40.9 Å². The molecule has 0 saturated heterocycles. The van der Waals surface area contributed by atoms with E-state index in [1.807, 2.05) is 13.8 Å². The fourth-order valence-corrected chi connectivity index (χ4v) is 5.49. The van der Waals surface area contributed by atoms with Gasteiger partial charge < -0.3 is 0 Å². The number of sulfonamides is 1. The Balaban J connectivity index is 2.99. The number of rotatable bonds is 6. The third kappa shape index (κ3) is 3.76. The lowest BCUT2D eigenvalue weighted by atomic mass is 10.4. The average Bonchev–Trinajstić information content (AvgIpc) is 2.61. The van der Waals surface area contributed by atoms with Gasteiger partial charge in [-0.1, -0.05) is 22.9 Å². The predicted octanol–water partition coefficient (Wildman–Crippen LogP) is 3.61. The topological polar surface area (TPSA) is 37.4 Å². The van der Waals surface area contributed by atoms with Crippen LogP contribution in [0, 0.1) is 6.92 Å². The zero-order chi connectivity index (χ0) is 13.1. The lowest BCUT2D eigenvalue weighted by Crippen LogP contribution is -2.31. The quantitative estimate of drug-likeness (QED) is 0.679. The van der Waals surface area contributed by atoms with Crippen LogP contribution in [0.4, 0.5) is 0 Å². The van der Waals surface area contributed by atoms with E-state index in [4.69, 9.17) is 0 Å². The Morgan fingerprint density at radius 2 is 2.12 bits per heavy atom. The van der Waals surface area contributed by atoms with Crippen molar-refractivity contribution in [2.24, 2.45) is 0 Å². The fourth-order valence-electron chi connectivity index (χ4n) is 1.37. The molecule has 0 amide bonds. The third-order valence-electron chi connectivity index (χ3n) is 2.32. The Bertz CT molecular complexity index is 451. The fraction of sp³-hybridized carbons (Fsp3) is 0.600. The Morgan fingerprint density at radius 1 is 1.47 bits per heavy atom. The molecule has 1 heterocycles. The van der Waals surface area contributed by atoms with E-state index in [-0.39, 0.29) is 0 Å². The van der Waals surface area contributed by atoms with Gasteiger partial charge in [0.05, 0.1) is 3.79 Å². The predicted molar refractivity (Wildman–Crippen MR) is 79.6 cm³/mol. The Labute approximate surface area is 124 Å². The van der Waals surface area contributed by atoms with Crippen LogP contribution in [0.25, 0.3) is 0 Å². The van der Waals surface area contributed by atoms with Crippen molar-refractivity contribution in [3.05, 3.63) is 15.4 Å². The molecule has 0 fully saturated rings. The van der Waals surface area contributed by atoms with E-state index in [0.29, 0.717) is 17.3 Å². The largest absolute Gasteiger partial charge is 0.252 e. The first kappa shape index (κ1) is 15.6. The van der Waals surface area contributed by atoms with E-state index in [1.165, 1.54) is 15.6 Å². The Kier molecular flexibility index (Phi) is 6.12. The molecule has 0 unspecified atom stereocenters. The summed E-state index contributed by atoms with van der Waals surface area (Å²) in [6, 6.07) is 1.72. The van der Waals surface area contributed by atoms with Gasteiger partial charge in [-0.15, -0.1) is 11.3 Å². The number of alkyl halides is 1. The molecular formula is C10H15Br2NO2S2. The van der Waals surface area contributed by atoms with Crippen LogP contribution >= 0.6 is 43.2 Å². The Hall–Kier alpha value is 0.570. The molecule has 0 saturated carbocycles. The van der Waals surface area contributed by atoms with Crippen molar-refractivity contribution in [1.29, 1.82) is 0 Å². The van der Waals surface area contributed by atoms with E-state index >= 15 is 0 Å². The molecule has 0 aliphatic carbocycles. The highest BCUT2D eigenvalue weighted by molar-refractivity contribution is 9.11. The first-order valence-corrected chi connectivity index (χ1v) is 9.42. The molecule has 0 bridgehead atoms. The van der Waals surface area contributed by atoms with Crippen molar-refractivity contribution in [3.8, 4) is 0 Å². The SMILES string of the molecule is CCN(CCCBr)S(=O)(=O)c1cc(C)c(Br)s1. The maximum absolute atomic E-state index is 12.3. The summed E-state index contributed by atoms with van der Waals surface area (Å²) in [5.41, 5.74) is 0.963. The standard InChI is InChI=1S/C10H15Br2NO2S2/c1-3-13(6-4-5-11)17(14,15)9-7-8(2)10(12)16-9/h7H,3-6H2,1-2H3. The number of nitrogens with zero attached hydrogens (tertiary/aromatic N) is 1.